The number of hydrogen-bond donors (Lipinski definition) is 1. The molecule has 1 N–H and O–H groups in total. The normalized spacial score (nSPS) is 15.2. The number of para-hydroxylation sites is 2. The minimum absolute atomic E-state index is 0.681. The fraction of sp³-hybridized carbons (Fsp3) is 0.364. The van der Waals surface area contributed by atoms with Gasteiger partial charge in [0.25, 0.3) is 0 Å². The van der Waals surface area contributed by atoms with Crippen LogP contribution in [-0.2, 0) is 11.3 Å². The molecule has 1 aromatic heterocycles. The molecule has 152 valence electrons. The van der Waals surface area contributed by atoms with Gasteiger partial charge < -0.3 is 23.7 Å². The Hall–Kier alpha value is -2.90. The molecule has 7 heteroatoms. The predicted molar refractivity (Wildman–Crippen MR) is 113 cm³/mol. The first-order valence-electron chi connectivity index (χ1n) is 9.91. The topological polar surface area (TPSA) is 62.3 Å². The standard InChI is InChI=1S/C22H26N4O3/c1-27-20-8-7-17(15-21(20)28-2)16-23-22-24-18-5-3-4-6-19(18)26(22)10-9-25-11-13-29-14-12-25/h3-8,15-16H,9-14H2,1-2H3/p+1. The second-order valence-electron chi connectivity index (χ2n) is 7.04. The van der Waals surface area contributed by atoms with Gasteiger partial charge in [0.05, 0.1) is 51.6 Å². The van der Waals surface area contributed by atoms with Crippen LogP contribution in [0.25, 0.3) is 11.0 Å². The van der Waals surface area contributed by atoms with E-state index >= 15 is 0 Å². The first-order chi connectivity index (χ1) is 14.3. The van der Waals surface area contributed by atoms with Crippen LogP contribution >= 0.6 is 0 Å². The average molecular weight is 395 g/mol. The van der Waals surface area contributed by atoms with Crippen LogP contribution in [-0.4, -0.2) is 62.8 Å². The van der Waals surface area contributed by atoms with Crippen molar-refractivity contribution in [3.8, 4) is 11.5 Å². The third-order valence-corrected chi connectivity index (χ3v) is 5.26. The number of nitrogens with zero attached hydrogens (tertiary/aromatic N) is 3. The second kappa shape index (κ2) is 9.07. The lowest BCUT2D eigenvalue weighted by Crippen LogP contribution is -3.14. The Labute approximate surface area is 170 Å². The van der Waals surface area contributed by atoms with Gasteiger partial charge in [-0.05, 0) is 35.9 Å². The number of fused-ring (bicyclic) bond motifs is 1. The number of aromatic nitrogens is 2. The van der Waals surface area contributed by atoms with Crippen LogP contribution in [0.2, 0.25) is 0 Å². The zero-order chi connectivity index (χ0) is 20.1. The first-order valence-corrected chi connectivity index (χ1v) is 9.91. The Bertz CT molecular complexity index is 993. The van der Waals surface area contributed by atoms with Crippen molar-refractivity contribution in [3.63, 3.8) is 0 Å². The molecule has 0 amide bonds. The van der Waals surface area contributed by atoms with Gasteiger partial charge in [-0.25, -0.2) is 9.98 Å². The molecular formula is C22H27N4O3+. The van der Waals surface area contributed by atoms with Crippen LogP contribution in [0, 0.1) is 0 Å². The van der Waals surface area contributed by atoms with Gasteiger partial charge in [-0.15, -0.1) is 0 Å². The fourth-order valence-electron chi connectivity index (χ4n) is 3.63. The second-order valence-corrected chi connectivity index (χ2v) is 7.04. The SMILES string of the molecule is COc1ccc(C=Nc2nc3ccccc3n2CC[NH+]2CCOCC2)cc1OC. The van der Waals surface area contributed by atoms with Gasteiger partial charge >= 0.3 is 0 Å². The molecule has 29 heavy (non-hydrogen) atoms. The highest BCUT2D eigenvalue weighted by molar-refractivity contribution is 5.84. The summed E-state index contributed by atoms with van der Waals surface area (Å²) in [6.07, 6.45) is 1.82. The molecule has 1 aliphatic rings. The summed E-state index contributed by atoms with van der Waals surface area (Å²) in [7, 11) is 3.26. The highest BCUT2D eigenvalue weighted by atomic mass is 16.5. The maximum absolute atomic E-state index is 5.47. The van der Waals surface area contributed by atoms with Crippen molar-refractivity contribution < 1.29 is 19.1 Å². The van der Waals surface area contributed by atoms with E-state index in [1.54, 1.807) is 19.1 Å². The van der Waals surface area contributed by atoms with Crippen LogP contribution in [0.4, 0.5) is 5.95 Å². The van der Waals surface area contributed by atoms with E-state index in [9.17, 15) is 0 Å². The molecule has 0 spiro atoms. The molecule has 1 aliphatic heterocycles. The molecule has 3 aromatic rings. The Morgan fingerprint density at radius 3 is 2.69 bits per heavy atom. The molecule has 4 rings (SSSR count). The largest absolute Gasteiger partial charge is 0.493 e. The third-order valence-electron chi connectivity index (χ3n) is 5.26. The van der Waals surface area contributed by atoms with E-state index in [0.717, 1.165) is 56.0 Å². The summed E-state index contributed by atoms with van der Waals surface area (Å²) >= 11 is 0. The number of morpholine rings is 1. The van der Waals surface area contributed by atoms with Gasteiger partial charge in [0.2, 0.25) is 5.95 Å². The monoisotopic (exact) mass is 395 g/mol. The van der Waals surface area contributed by atoms with Gasteiger partial charge in [-0.3, -0.25) is 0 Å². The van der Waals surface area contributed by atoms with Gasteiger partial charge in [-0.2, -0.15) is 0 Å². The predicted octanol–water partition coefficient (Wildman–Crippen LogP) is 1.72. The van der Waals surface area contributed by atoms with Crippen LogP contribution < -0.4 is 14.4 Å². The molecule has 2 heterocycles. The first kappa shape index (κ1) is 19.4. The van der Waals surface area contributed by atoms with E-state index in [0.29, 0.717) is 17.4 Å². The van der Waals surface area contributed by atoms with E-state index in [2.05, 4.69) is 10.6 Å². The van der Waals surface area contributed by atoms with Gasteiger partial charge in [0.1, 0.15) is 13.1 Å². The van der Waals surface area contributed by atoms with Crippen molar-refractivity contribution in [1.29, 1.82) is 0 Å². The smallest absolute Gasteiger partial charge is 0.230 e. The molecule has 0 saturated carbocycles. The summed E-state index contributed by atoms with van der Waals surface area (Å²) in [5.41, 5.74) is 3.00. The minimum atomic E-state index is 0.681. The Morgan fingerprint density at radius 1 is 1.10 bits per heavy atom. The fourth-order valence-corrected chi connectivity index (χ4v) is 3.63. The van der Waals surface area contributed by atoms with E-state index in [4.69, 9.17) is 24.2 Å². The number of rotatable bonds is 7. The number of nitrogens with one attached hydrogen (secondary N) is 1. The molecule has 2 aromatic carbocycles. The van der Waals surface area contributed by atoms with Gasteiger partial charge in [0.15, 0.2) is 11.5 Å². The van der Waals surface area contributed by atoms with Crippen molar-refractivity contribution in [3.05, 3.63) is 48.0 Å². The molecule has 1 saturated heterocycles. The summed E-state index contributed by atoms with van der Waals surface area (Å²) in [4.78, 5) is 11.0. The van der Waals surface area contributed by atoms with Crippen molar-refractivity contribution >= 4 is 23.2 Å². The Kier molecular flexibility index (Phi) is 6.07. The van der Waals surface area contributed by atoms with E-state index in [1.165, 1.54) is 0 Å². The third kappa shape index (κ3) is 4.41. The highest BCUT2D eigenvalue weighted by Crippen LogP contribution is 2.27. The summed E-state index contributed by atoms with van der Waals surface area (Å²) < 4.78 is 18.4. The van der Waals surface area contributed by atoms with E-state index in [-0.39, 0.29) is 0 Å². The van der Waals surface area contributed by atoms with Crippen LogP contribution in [0.15, 0.2) is 47.5 Å². The number of quaternary nitrogens is 1. The molecule has 7 nitrogen and oxygen atoms in total. The van der Waals surface area contributed by atoms with Crippen molar-refractivity contribution in [2.24, 2.45) is 4.99 Å². The molecular weight excluding hydrogens is 368 g/mol. The van der Waals surface area contributed by atoms with Gasteiger partial charge in [-0.1, -0.05) is 12.1 Å². The number of methoxy groups -OCH3 is 2. The quantitative estimate of drug-likeness (QED) is 0.619. The lowest BCUT2D eigenvalue weighted by Gasteiger charge is -2.24. The summed E-state index contributed by atoms with van der Waals surface area (Å²) in [6.45, 7) is 5.68. The van der Waals surface area contributed by atoms with E-state index in [1.807, 2.05) is 42.6 Å². The maximum atomic E-state index is 5.47. The summed E-state index contributed by atoms with van der Waals surface area (Å²) in [5, 5.41) is 0. The lowest BCUT2D eigenvalue weighted by atomic mass is 10.2. The van der Waals surface area contributed by atoms with Crippen LogP contribution in [0.3, 0.4) is 0 Å². The highest BCUT2D eigenvalue weighted by Gasteiger charge is 2.16. The zero-order valence-electron chi connectivity index (χ0n) is 16.9. The van der Waals surface area contributed by atoms with Crippen LogP contribution in [0.5, 0.6) is 11.5 Å². The number of aliphatic imine (C=N–C) groups is 1. The van der Waals surface area contributed by atoms with Crippen molar-refractivity contribution in [2.75, 3.05) is 47.1 Å². The summed E-state index contributed by atoms with van der Waals surface area (Å²) in [5.74, 6) is 2.10. The summed E-state index contributed by atoms with van der Waals surface area (Å²) in [6, 6.07) is 13.9. The average Bonchev–Trinajstić information content (AvgIpc) is 3.14. The van der Waals surface area contributed by atoms with Crippen molar-refractivity contribution in [2.45, 2.75) is 6.54 Å². The zero-order valence-corrected chi connectivity index (χ0v) is 16.9. The van der Waals surface area contributed by atoms with E-state index < -0.39 is 0 Å². The Morgan fingerprint density at radius 2 is 1.90 bits per heavy atom. The number of imidazole rings is 1. The minimum Gasteiger partial charge on any atom is -0.493 e. The number of hydrogen-bond acceptors (Lipinski definition) is 5. The number of ether oxygens (including phenoxy) is 3. The molecule has 0 atom stereocenters. The lowest BCUT2D eigenvalue weighted by molar-refractivity contribution is -0.908. The molecule has 1 fully saturated rings. The van der Waals surface area contributed by atoms with Gasteiger partial charge in [0, 0.05) is 6.21 Å². The van der Waals surface area contributed by atoms with Crippen molar-refractivity contribution in [1.82, 2.24) is 9.55 Å². The Balaban J connectivity index is 1.60. The molecule has 0 radical (unpaired) electrons. The molecule has 0 unspecified atom stereocenters. The number of benzene rings is 2. The van der Waals surface area contributed by atoms with Crippen LogP contribution in [0.1, 0.15) is 5.56 Å². The molecule has 0 aliphatic carbocycles. The molecule has 0 bridgehead atoms. The maximum Gasteiger partial charge on any atom is 0.230 e.